The Balaban J connectivity index is 2.10. The van der Waals surface area contributed by atoms with Gasteiger partial charge in [-0.25, -0.2) is 19.2 Å². The number of alkyl halides is 2. The fraction of sp³-hybridized carbons (Fsp3) is 0.211. The molecule has 0 spiro atoms. The van der Waals surface area contributed by atoms with E-state index in [9.17, 15) is 23.5 Å². The third-order valence-corrected chi connectivity index (χ3v) is 4.54. The van der Waals surface area contributed by atoms with E-state index in [1.165, 1.54) is 41.8 Å². The van der Waals surface area contributed by atoms with Crippen molar-refractivity contribution in [2.45, 2.75) is 25.0 Å². The van der Waals surface area contributed by atoms with Crippen molar-refractivity contribution in [3.8, 4) is 23.7 Å². The van der Waals surface area contributed by atoms with Crippen LogP contribution in [-0.4, -0.2) is 45.2 Å². The fourth-order valence-electron chi connectivity index (χ4n) is 2.13. The number of carbonyl (C=O) groups excluding carboxylic acids is 2. The highest BCUT2D eigenvalue weighted by molar-refractivity contribution is 7.15. The molecule has 8 nitrogen and oxygen atoms in total. The van der Waals surface area contributed by atoms with Crippen LogP contribution in [0.3, 0.4) is 0 Å². The van der Waals surface area contributed by atoms with Crippen molar-refractivity contribution >= 4 is 28.3 Å². The zero-order chi connectivity index (χ0) is 22.3. The first kappa shape index (κ1) is 22.8. The Labute approximate surface area is 174 Å². The first-order chi connectivity index (χ1) is 14.1. The summed E-state index contributed by atoms with van der Waals surface area (Å²) in [6.45, 7) is 0.665. The molecule has 2 aromatic rings. The van der Waals surface area contributed by atoms with Crippen LogP contribution in [0.15, 0.2) is 30.5 Å². The fourth-order valence-corrected chi connectivity index (χ4v) is 2.67. The number of amides is 2. The van der Waals surface area contributed by atoms with Gasteiger partial charge in [0.2, 0.25) is 0 Å². The molecule has 1 unspecified atom stereocenters. The highest BCUT2D eigenvalue weighted by atomic mass is 32.1. The predicted octanol–water partition coefficient (Wildman–Crippen LogP) is 0.748. The number of aliphatic hydroxyl groups is 1. The van der Waals surface area contributed by atoms with Crippen LogP contribution in [0, 0.1) is 23.7 Å². The van der Waals surface area contributed by atoms with Gasteiger partial charge in [-0.1, -0.05) is 17.3 Å². The second-order valence-electron chi connectivity index (χ2n) is 6.05. The number of aromatic nitrogens is 1. The zero-order valence-corrected chi connectivity index (χ0v) is 16.3. The highest BCUT2D eigenvalue weighted by Gasteiger charge is 2.46. The molecule has 0 fully saturated rings. The summed E-state index contributed by atoms with van der Waals surface area (Å²) in [6, 6.07) is 3.58. The first-order valence-corrected chi connectivity index (χ1v) is 9.05. The van der Waals surface area contributed by atoms with E-state index in [0.29, 0.717) is 22.5 Å². The summed E-state index contributed by atoms with van der Waals surface area (Å²) < 4.78 is 26.0. The van der Waals surface area contributed by atoms with Gasteiger partial charge in [-0.2, -0.15) is 0 Å². The Morgan fingerprint density at radius 2 is 1.87 bits per heavy atom. The number of thiazole rings is 1. The van der Waals surface area contributed by atoms with E-state index in [0.717, 1.165) is 5.48 Å². The topological polar surface area (TPSA) is 138 Å². The minimum absolute atomic E-state index is 0.0209. The van der Waals surface area contributed by atoms with Crippen LogP contribution < -0.4 is 16.5 Å². The van der Waals surface area contributed by atoms with Gasteiger partial charge in [0.1, 0.15) is 6.04 Å². The molecule has 0 aliphatic carbocycles. The monoisotopic (exact) mass is 434 g/mol. The normalized spacial score (nSPS) is 13.1. The van der Waals surface area contributed by atoms with E-state index >= 15 is 0 Å². The molecule has 0 aliphatic rings. The number of hydrogen-bond acceptors (Lipinski definition) is 7. The summed E-state index contributed by atoms with van der Waals surface area (Å²) in [7, 11) is 0. The molecule has 0 aliphatic heterocycles. The van der Waals surface area contributed by atoms with Gasteiger partial charge >= 0.3 is 0 Å². The SMILES string of the molecule is CC(O)(C(F)F)[C@H](NC(=O)c1ccc(C#CC#Cc2cnc(N)s2)cc1)C(=O)NO. The lowest BCUT2D eigenvalue weighted by atomic mass is 9.95. The molecule has 156 valence electrons. The molecule has 1 aromatic heterocycles. The number of anilines is 1. The molecule has 30 heavy (non-hydrogen) atoms. The third-order valence-electron chi connectivity index (χ3n) is 3.80. The average molecular weight is 434 g/mol. The van der Waals surface area contributed by atoms with Gasteiger partial charge in [-0.05, 0) is 49.0 Å². The number of carbonyl (C=O) groups is 2. The maximum absolute atomic E-state index is 13.0. The van der Waals surface area contributed by atoms with E-state index in [2.05, 4.69) is 28.7 Å². The van der Waals surface area contributed by atoms with Crippen LogP contribution in [0.1, 0.15) is 27.7 Å². The Bertz CT molecular complexity index is 1050. The van der Waals surface area contributed by atoms with Crippen molar-refractivity contribution in [3.63, 3.8) is 0 Å². The smallest absolute Gasteiger partial charge is 0.269 e. The van der Waals surface area contributed by atoms with E-state index in [-0.39, 0.29) is 5.56 Å². The zero-order valence-electron chi connectivity index (χ0n) is 15.4. The van der Waals surface area contributed by atoms with Crippen LogP contribution in [-0.2, 0) is 4.79 Å². The van der Waals surface area contributed by atoms with E-state index in [1.807, 2.05) is 5.32 Å². The number of nitrogens with two attached hydrogens (primary N) is 1. The summed E-state index contributed by atoms with van der Waals surface area (Å²) in [4.78, 5) is 28.4. The number of rotatable bonds is 5. The molecular formula is C19H16F2N4O4S. The van der Waals surface area contributed by atoms with E-state index in [1.54, 1.807) is 0 Å². The lowest BCUT2D eigenvalue weighted by Crippen LogP contribution is -2.61. The standard InChI is InChI=1S/C19H16F2N4O4S/c1-19(28,17(20)21)14(16(27)25-29)24-15(26)12-8-6-11(7-9-12)4-2-3-5-13-10-23-18(22)30-13/h6-10,14,17,28-29H,1H3,(H2,22,23)(H,24,26)(H,25,27)/t14-,19?/m1/s1. The summed E-state index contributed by atoms with van der Waals surface area (Å²) >= 11 is 1.22. The summed E-state index contributed by atoms with van der Waals surface area (Å²) in [5.41, 5.74) is 4.27. The number of hydroxylamine groups is 1. The van der Waals surface area contributed by atoms with Crippen molar-refractivity contribution in [3.05, 3.63) is 46.5 Å². The molecule has 2 rings (SSSR count). The van der Waals surface area contributed by atoms with Crippen molar-refractivity contribution in [1.29, 1.82) is 0 Å². The average Bonchev–Trinajstić information content (AvgIpc) is 3.13. The van der Waals surface area contributed by atoms with Crippen LogP contribution in [0.5, 0.6) is 0 Å². The Kier molecular flexibility index (Phi) is 7.44. The second kappa shape index (κ2) is 9.80. The Morgan fingerprint density at radius 3 is 2.40 bits per heavy atom. The molecule has 2 atom stereocenters. The van der Waals surface area contributed by atoms with Gasteiger partial charge in [-0.15, -0.1) is 0 Å². The second-order valence-corrected chi connectivity index (χ2v) is 7.11. The van der Waals surface area contributed by atoms with Gasteiger partial charge in [0.15, 0.2) is 10.7 Å². The molecule has 0 radical (unpaired) electrons. The Morgan fingerprint density at radius 1 is 1.23 bits per heavy atom. The highest BCUT2D eigenvalue weighted by Crippen LogP contribution is 2.20. The predicted molar refractivity (Wildman–Crippen MR) is 105 cm³/mol. The first-order valence-electron chi connectivity index (χ1n) is 8.24. The number of nitrogens with one attached hydrogen (secondary N) is 2. The lowest BCUT2D eigenvalue weighted by Gasteiger charge is -2.30. The van der Waals surface area contributed by atoms with Gasteiger partial charge in [0, 0.05) is 11.1 Å². The molecule has 0 bridgehead atoms. The van der Waals surface area contributed by atoms with Crippen LogP contribution >= 0.6 is 11.3 Å². The molecule has 11 heteroatoms. The van der Waals surface area contributed by atoms with Gasteiger partial charge in [0.05, 0.1) is 11.1 Å². The minimum atomic E-state index is -3.36. The van der Waals surface area contributed by atoms with E-state index in [4.69, 9.17) is 10.9 Å². The number of hydrogen-bond donors (Lipinski definition) is 5. The molecule has 2 amide bonds. The number of benzene rings is 1. The summed E-state index contributed by atoms with van der Waals surface area (Å²) in [6.07, 6.45) is -1.84. The third kappa shape index (κ3) is 5.75. The van der Waals surface area contributed by atoms with Crippen molar-refractivity contribution in [2.24, 2.45) is 0 Å². The van der Waals surface area contributed by atoms with Crippen molar-refractivity contribution in [2.75, 3.05) is 5.73 Å². The summed E-state index contributed by atoms with van der Waals surface area (Å²) in [5.74, 6) is 8.48. The lowest BCUT2D eigenvalue weighted by molar-refractivity contribution is -0.149. The summed E-state index contributed by atoms with van der Waals surface area (Å²) in [5, 5.41) is 20.9. The van der Waals surface area contributed by atoms with E-state index < -0.39 is 29.9 Å². The molecule has 0 saturated carbocycles. The maximum atomic E-state index is 13.0. The maximum Gasteiger partial charge on any atom is 0.269 e. The number of nitrogen functional groups attached to an aromatic ring is 1. The van der Waals surface area contributed by atoms with Crippen molar-refractivity contribution in [1.82, 2.24) is 15.8 Å². The van der Waals surface area contributed by atoms with Gasteiger partial charge in [0.25, 0.3) is 18.2 Å². The van der Waals surface area contributed by atoms with Crippen LogP contribution in [0.25, 0.3) is 0 Å². The molecule has 0 saturated heterocycles. The largest absolute Gasteiger partial charge is 0.381 e. The quantitative estimate of drug-likeness (QED) is 0.268. The number of halogens is 2. The van der Waals surface area contributed by atoms with Crippen molar-refractivity contribution < 1.29 is 28.7 Å². The minimum Gasteiger partial charge on any atom is -0.381 e. The van der Waals surface area contributed by atoms with Crippen LogP contribution in [0.4, 0.5) is 13.9 Å². The number of nitrogens with zero attached hydrogens (tertiary/aromatic N) is 1. The van der Waals surface area contributed by atoms with Gasteiger partial charge in [-0.3, -0.25) is 14.8 Å². The molecule has 1 aromatic carbocycles. The molecular weight excluding hydrogens is 418 g/mol. The Hall–Kier alpha value is -3.51. The van der Waals surface area contributed by atoms with Crippen LogP contribution in [0.2, 0.25) is 0 Å². The van der Waals surface area contributed by atoms with Gasteiger partial charge < -0.3 is 16.2 Å². The molecule has 6 N–H and O–H groups in total. The molecule has 1 heterocycles.